The average molecular weight is 404 g/mol. The summed E-state index contributed by atoms with van der Waals surface area (Å²) >= 11 is 6.68. The molecule has 0 aliphatic carbocycles. The molecule has 0 unspecified atom stereocenters. The fourth-order valence-corrected chi connectivity index (χ4v) is 5.10. The summed E-state index contributed by atoms with van der Waals surface area (Å²) < 4.78 is 0. The number of hydrogen-bond donors (Lipinski definition) is 0. The van der Waals surface area contributed by atoms with E-state index in [0.29, 0.717) is 0 Å². The summed E-state index contributed by atoms with van der Waals surface area (Å²) in [4.78, 5) is 15.5. The van der Waals surface area contributed by atoms with Crippen molar-refractivity contribution in [3.8, 4) is 0 Å². The molecule has 4 rings (SSSR count). The first kappa shape index (κ1) is 19.7. The zero-order valence-corrected chi connectivity index (χ0v) is 17.9. The number of para-hydroxylation sites is 1. The summed E-state index contributed by atoms with van der Waals surface area (Å²) in [6.45, 7) is 6.55. The van der Waals surface area contributed by atoms with Crippen molar-refractivity contribution < 1.29 is 4.79 Å². The number of hydrogen-bond acceptors (Lipinski definition) is 1. The largest absolute Gasteiger partial charge is 0.305 e. The van der Waals surface area contributed by atoms with Gasteiger partial charge in [-0.25, -0.2) is 0 Å². The number of halogens is 1. The van der Waals surface area contributed by atoms with Gasteiger partial charge in [0.25, 0.3) is 0 Å². The van der Waals surface area contributed by atoms with Gasteiger partial charge in [-0.3, -0.25) is 4.79 Å². The lowest BCUT2D eigenvalue weighted by Crippen LogP contribution is -2.56. The Balaban J connectivity index is 1.83. The van der Waals surface area contributed by atoms with Gasteiger partial charge in [-0.1, -0.05) is 85.8 Å². The molecule has 0 fully saturated rings. The van der Waals surface area contributed by atoms with Crippen molar-refractivity contribution in [3.63, 3.8) is 0 Å². The Bertz CT molecular complexity index is 1020. The normalized spacial score (nSPS) is 21.3. The summed E-state index contributed by atoms with van der Waals surface area (Å²) in [5.74, 6) is -0.0783. The minimum absolute atomic E-state index is 0.0783. The fourth-order valence-electron chi connectivity index (χ4n) is 4.86. The van der Waals surface area contributed by atoms with E-state index in [-0.39, 0.29) is 11.3 Å². The molecule has 0 aromatic heterocycles. The third kappa shape index (κ3) is 3.36. The van der Waals surface area contributed by atoms with Crippen LogP contribution in [0.3, 0.4) is 0 Å². The topological polar surface area (TPSA) is 20.3 Å². The second-order valence-corrected chi connectivity index (χ2v) is 9.09. The first-order valence-corrected chi connectivity index (χ1v) is 10.5. The zero-order chi connectivity index (χ0) is 20.6. The van der Waals surface area contributed by atoms with Crippen LogP contribution in [0.25, 0.3) is 0 Å². The minimum Gasteiger partial charge on any atom is -0.305 e. The molecular formula is C26H26ClNO. The Labute approximate surface area is 178 Å². The van der Waals surface area contributed by atoms with E-state index in [0.717, 1.165) is 23.2 Å². The molecular weight excluding hydrogens is 378 g/mol. The maximum Gasteiger partial charge on any atom is 0.250 e. The van der Waals surface area contributed by atoms with Crippen molar-refractivity contribution in [2.45, 2.75) is 43.5 Å². The number of nitrogens with zero attached hydrogens (tertiary/aromatic N) is 1. The molecule has 1 heterocycles. The molecule has 1 aliphatic rings. The molecule has 0 bridgehead atoms. The fraction of sp³-hybridized carbons (Fsp3) is 0.269. The van der Waals surface area contributed by atoms with E-state index in [1.54, 1.807) is 0 Å². The van der Waals surface area contributed by atoms with Crippen LogP contribution >= 0.6 is 11.6 Å². The van der Waals surface area contributed by atoms with Crippen LogP contribution < -0.4 is 4.90 Å². The second-order valence-electron chi connectivity index (χ2n) is 8.65. The summed E-state index contributed by atoms with van der Waals surface area (Å²) in [5.41, 5.74) is 3.62. The third-order valence-corrected chi connectivity index (χ3v) is 6.51. The quantitative estimate of drug-likeness (QED) is 0.458. The number of amides is 1. The highest BCUT2D eigenvalue weighted by atomic mass is 35.5. The molecule has 1 amide bonds. The number of anilines is 1. The van der Waals surface area contributed by atoms with Crippen LogP contribution in [0.15, 0.2) is 84.9 Å². The Morgan fingerprint density at radius 1 is 0.862 bits per heavy atom. The first-order valence-electron chi connectivity index (χ1n) is 10.0. The van der Waals surface area contributed by atoms with Crippen molar-refractivity contribution in [1.82, 2.24) is 0 Å². The van der Waals surface area contributed by atoms with Gasteiger partial charge in [-0.05, 0) is 43.0 Å². The molecule has 3 aromatic rings. The summed E-state index contributed by atoms with van der Waals surface area (Å²) in [5, 5.41) is -0.718. The van der Waals surface area contributed by atoms with Gasteiger partial charge in [0.2, 0.25) is 5.91 Å². The van der Waals surface area contributed by atoms with Crippen LogP contribution in [0, 0.1) is 0 Å². The number of carbonyl (C=O) groups excluding carboxylic acids is 1. The van der Waals surface area contributed by atoms with Gasteiger partial charge >= 0.3 is 0 Å². The maximum absolute atomic E-state index is 13.6. The Morgan fingerprint density at radius 2 is 1.41 bits per heavy atom. The molecule has 2 nitrogen and oxygen atoms in total. The van der Waals surface area contributed by atoms with Crippen molar-refractivity contribution in [2.75, 3.05) is 4.90 Å². The molecule has 0 radical (unpaired) electrons. The number of benzene rings is 3. The van der Waals surface area contributed by atoms with E-state index in [9.17, 15) is 4.79 Å². The number of fused-ring (bicyclic) bond motifs is 1. The molecule has 3 heteroatoms. The smallest absolute Gasteiger partial charge is 0.250 e. The van der Waals surface area contributed by atoms with Crippen LogP contribution in [0.2, 0.25) is 0 Å². The van der Waals surface area contributed by atoms with E-state index in [1.165, 1.54) is 5.56 Å². The lowest BCUT2D eigenvalue weighted by atomic mass is 9.65. The number of alkyl halides is 1. The van der Waals surface area contributed by atoms with E-state index in [4.69, 9.17) is 11.6 Å². The molecule has 2 atom stereocenters. The van der Waals surface area contributed by atoms with Gasteiger partial charge in [0.15, 0.2) is 0 Å². The highest BCUT2D eigenvalue weighted by Crippen LogP contribution is 2.51. The lowest BCUT2D eigenvalue weighted by Gasteiger charge is -2.51. The second kappa shape index (κ2) is 7.35. The number of carbonyl (C=O) groups is 1. The molecule has 0 saturated heterocycles. The summed E-state index contributed by atoms with van der Waals surface area (Å²) in [7, 11) is 0. The Kier molecular flexibility index (Phi) is 5.00. The highest BCUT2D eigenvalue weighted by Gasteiger charge is 2.48. The zero-order valence-electron chi connectivity index (χ0n) is 17.1. The number of rotatable bonds is 3. The molecule has 0 spiro atoms. The van der Waals surface area contributed by atoms with Gasteiger partial charge < -0.3 is 4.90 Å². The van der Waals surface area contributed by atoms with E-state index in [1.807, 2.05) is 53.4 Å². The van der Waals surface area contributed by atoms with Gasteiger partial charge in [0, 0.05) is 16.6 Å². The van der Waals surface area contributed by atoms with E-state index >= 15 is 0 Å². The molecule has 0 saturated carbocycles. The van der Waals surface area contributed by atoms with Crippen LogP contribution in [-0.4, -0.2) is 11.4 Å². The van der Waals surface area contributed by atoms with E-state index < -0.39 is 10.9 Å². The summed E-state index contributed by atoms with van der Waals surface area (Å²) in [6, 6.07) is 28.4. The lowest BCUT2D eigenvalue weighted by molar-refractivity contribution is -0.119. The monoisotopic (exact) mass is 403 g/mol. The maximum atomic E-state index is 13.6. The SMILES string of the molecule is CC1(C)C[C@](C)(c2ccccc2)c2ccccc2N1C(=O)[C@@H](Cl)c1ccccc1. The predicted molar refractivity (Wildman–Crippen MR) is 121 cm³/mol. The van der Waals surface area contributed by atoms with Gasteiger partial charge in [-0.15, -0.1) is 11.6 Å². The molecule has 1 aliphatic heterocycles. The van der Waals surface area contributed by atoms with Crippen LogP contribution in [0.4, 0.5) is 5.69 Å². The van der Waals surface area contributed by atoms with Crippen molar-refractivity contribution >= 4 is 23.2 Å². The molecule has 3 aromatic carbocycles. The highest BCUT2D eigenvalue weighted by molar-refractivity contribution is 6.33. The van der Waals surface area contributed by atoms with Crippen molar-refractivity contribution in [1.29, 1.82) is 0 Å². The standard InChI is InChI=1S/C26H26ClNO/c1-25(2)18-26(3,20-14-8-5-9-15-20)21-16-10-11-17-22(21)28(25)24(29)23(27)19-12-6-4-7-13-19/h4-17,23H,18H2,1-3H3/t23-,26+/m0/s1. The van der Waals surface area contributed by atoms with Crippen molar-refractivity contribution in [3.05, 3.63) is 102 Å². The molecule has 148 valence electrons. The minimum atomic E-state index is -0.718. The first-order chi connectivity index (χ1) is 13.8. The van der Waals surface area contributed by atoms with E-state index in [2.05, 4.69) is 57.2 Å². The van der Waals surface area contributed by atoms with Gasteiger partial charge in [0.05, 0.1) is 0 Å². The van der Waals surface area contributed by atoms with Gasteiger partial charge in [0.1, 0.15) is 5.38 Å². The molecule has 29 heavy (non-hydrogen) atoms. The van der Waals surface area contributed by atoms with Crippen LogP contribution in [-0.2, 0) is 10.2 Å². The van der Waals surface area contributed by atoms with Crippen LogP contribution in [0.1, 0.15) is 49.3 Å². The summed E-state index contributed by atoms with van der Waals surface area (Å²) in [6.07, 6.45) is 0.811. The predicted octanol–water partition coefficient (Wildman–Crippen LogP) is 6.49. The van der Waals surface area contributed by atoms with Crippen molar-refractivity contribution in [2.24, 2.45) is 0 Å². The van der Waals surface area contributed by atoms with Crippen LogP contribution in [0.5, 0.6) is 0 Å². The Hall–Kier alpha value is -2.58. The third-order valence-electron chi connectivity index (χ3n) is 6.07. The van der Waals surface area contributed by atoms with Gasteiger partial charge in [-0.2, -0.15) is 0 Å². The average Bonchev–Trinajstić information content (AvgIpc) is 2.74. The Morgan fingerprint density at radius 3 is 2.07 bits per heavy atom. The molecule has 0 N–H and O–H groups in total.